The van der Waals surface area contributed by atoms with Crippen LogP contribution in [0.25, 0.3) is 0 Å². The highest BCUT2D eigenvalue weighted by molar-refractivity contribution is 5.48. The van der Waals surface area contributed by atoms with Crippen LogP contribution in [0.1, 0.15) is 23.7 Å². The molecule has 2 rings (SSSR count). The van der Waals surface area contributed by atoms with Gasteiger partial charge in [-0.05, 0) is 37.6 Å². The third kappa shape index (κ3) is 3.29. The number of aromatic nitrogens is 2. The van der Waals surface area contributed by atoms with Crippen molar-refractivity contribution in [1.82, 2.24) is 9.97 Å². The van der Waals surface area contributed by atoms with Crippen molar-refractivity contribution in [2.24, 2.45) is 5.73 Å². The van der Waals surface area contributed by atoms with Crippen LogP contribution >= 0.6 is 0 Å². The molecule has 0 aromatic carbocycles. The second kappa shape index (κ2) is 6.29. The molecule has 0 atom stereocenters. The Bertz CT molecular complexity index is 525. The third-order valence-corrected chi connectivity index (χ3v) is 3.12. The summed E-state index contributed by atoms with van der Waals surface area (Å²) in [5, 5.41) is 0. The smallest absolute Gasteiger partial charge is 0.133 e. The lowest BCUT2D eigenvalue weighted by Crippen LogP contribution is -2.25. The minimum Gasteiger partial charge on any atom is -0.352 e. The van der Waals surface area contributed by atoms with Crippen molar-refractivity contribution in [3.05, 3.63) is 53.5 Å². The molecule has 4 nitrogen and oxygen atoms in total. The summed E-state index contributed by atoms with van der Waals surface area (Å²) in [5.74, 6) is 0.988. The van der Waals surface area contributed by atoms with Gasteiger partial charge in [0.15, 0.2) is 0 Å². The maximum Gasteiger partial charge on any atom is 0.133 e. The van der Waals surface area contributed by atoms with Gasteiger partial charge in [0.1, 0.15) is 5.82 Å². The third-order valence-electron chi connectivity index (χ3n) is 3.12. The van der Waals surface area contributed by atoms with E-state index in [0.29, 0.717) is 6.54 Å². The zero-order valence-electron chi connectivity index (χ0n) is 11.5. The first-order chi connectivity index (χ1) is 9.24. The van der Waals surface area contributed by atoms with Crippen molar-refractivity contribution in [3.63, 3.8) is 0 Å². The first-order valence-electron chi connectivity index (χ1n) is 6.55. The van der Waals surface area contributed by atoms with E-state index in [4.69, 9.17) is 5.73 Å². The van der Waals surface area contributed by atoms with Crippen molar-refractivity contribution in [2.75, 3.05) is 11.4 Å². The highest BCUT2D eigenvalue weighted by Crippen LogP contribution is 2.20. The molecule has 2 aromatic heterocycles. The molecule has 0 aliphatic rings. The second-order valence-corrected chi connectivity index (χ2v) is 4.51. The van der Waals surface area contributed by atoms with Gasteiger partial charge < -0.3 is 10.6 Å². The van der Waals surface area contributed by atoms with Crippen LogP contribution in [0, 0.1) is 6.92 Å². The molecule has 2 aromatic rings. The number of hydrogen-bond acceptors (Lipinski definition) is 4. The lowest BCUT2D eigenvalue weighted by atomic mass is 10.2. The van der Waals surface area contributed by atoms with E-state index < -0.39 is 0 Å². The van der Waals surface area contributed by atoms with Crippen LogP contribution in [0.3, 0.4) is 0 Å². The lowest BCUT2D eigenvalue weighted by molar-refractivity contribution is 0.797. The van der Waals surface area contributed by atoms with Gasteiger partial charge in [0.05, 0.1) is 0 Å². The monoisotopic (exact) mass is 256 g/mol. The lowest BCUT2D eigenvalue weighted by Gasteiger charge is -2.24. The molecule has 0 bridgehead atoms. The van der Waals surface area contributed by atoms with Gasteiger partial charge in [0.2, 0.25) is 0 Å². The molecule has 100 valence electrons. The SMILES string of the molecule is CCN(Cc1ccncc1)c1nc(C)ccc1CN. The number of pyridine rings is 2. The van der Waals surface area contributed by atoms with E-state index in [0.717, 1.165) is 30.2 Å². The van der Waals surface area contributed by atoms with Gasteiger partial charge in [-0.2, -0.15) is 0 Å². The van der Waals surface area contributed by atoms with Crippen molar-refractivity contribution in [2.45, 2.75) is 26.9 Å². The number of anilines is 1. The Labute approximate surface area is 114 Å². The average Bonchev–Trinajstić information content (AvgIpc) is 2.46. The highest BCUT2D eigenvalue weighted by Gasteiger charge is 2.11. The number of rotatable bonds is 5. The van der Waals surface area contributed by atoms with Crippen LogP contribution in [0.15, 0.2) is 36.7 Å². The molecule has 2 heterocycles. The van der Waals surface area contributed by atoms with Gasteiger partial charge in [-0.1, -0.05) is 6.07 Å². The number of nitrogens with two attached hydrogens (primary N) is 1. The van der Waals surface area contributed by atoms with E-state index in [2.05, 4.69) is 27.9 Å². The Morgan fingerprint density at radius 3 is 2.53 bits per heavy atom. The van der Waals surface area contributed by atoms with Crippen molar-refractivity contribution in [3.8, 4) is 0 Å². The minimum absolute atomic E-state index is 0.509. The van der Waals surface area contributed by atoms with Gasteiger partial charge in [-0.3, -0.25) is 4.98 Å². The van der Waals surface area contributed by atoms with Gasteiger partial charge in [-0.25, -0.2) is 4.98 Å². The summed E-state index contributed by atoms with van der Waals surface area (Å²) in [5.41, 5.74) is 9.13. The van der Waals surface area contributed by atoms with Gasteiger partial charge >= 0.3 is 0 Å². The average molecular weight is 256 g/mol. The molecule has 0 unspecified atom stereocenters. The Morgan fingerprint density at radius 2 is 1.89 bits per heavy atom. The van der Waals surface area contributed by atoms with E-state index in [-0.39, 0.29) is 0 Å². The van der Waals surface area contributed by atoms with Gasteiger partial charge in [0.25, 0.3) is 0 Å². The number of aryl methyl sites for hydroxylation is 1. The van der Waals surface area contributed by atoms with E-state index in [1.54, 1.807) is 0 Å². The van der Waals surface area contributed by atoms with Crippen molar-refractivity contribution >= 4 is 5.82 Å². The largest absolute Gasteiger partial charge is 0.352 e. The van der Waals surface area contributed by atoms with E-state index >= 15 is 0 Å². The van der Waals surface area contributed by atoms with Crippen LogP contribution in [0.5, 0.6) is 0 Å². The predicted molar refractivity (Wildman–Crippen MR) is 77.8 cm³/mol. The summed E-state index contributed by atoms with van der Waals surface area (Å²) >= 11 is 0. The van der Waals surface area contributed by atoms with Crippen LogP contribution in [-0.2, 0) is 13.1 Å². The van der Waals surface area contributed by atoms with Gasteiger partial charge in [0, 0.05) is 43.3 Å². The first kappa shape index (κ1) is 13.5. The Morgan fingerprint density at radius 1 is 1.16 bits per heavy atom. The Hall–Kier alpha value is -1.94. The molecule has 4 heteroatoms. The Balaban J connectivity index is 2.29. The Kier molecular flexibility index (Phi) is 4.47. The maximum absolute atomic E-state index is 5.81. The summed E-state index contributed by atoms with van der Waals surface area (Å²) in [6.07, 6.45) is 3.63. The van der Waals surface area contributed by atoms with Crippen LogP contribution < -0.4 is 10.6 Å². The molecule has 0 radical (unpaired) electrons. The molecule has 0 amide bonds. The second-order valence-electron chi connectivity index (χ2n) is 4.51. The summed E-state index contributed by atoms with van der Waals surface area (Å²) in [6.45, 7) is 6.36. The minimum atomic E-state index is 0.509. The zero-order valence-corrected chi connectivity index (χ0v) is 11.5. The molecule has 19 heavy (non-hydrogen) atoms. The fraction of sp³-hybridized carbons (Fsp3) is 0.333. The normalized spacial score (nSPS) is 10.5. The van der Waals surface area contributed by atoms with Crippen LogP contribution in [-0.4, -0.2) is 16.5 Å². The summed E-state index contributed by atoms with van der Waals surface area (Å²) in [6, 6.07) is 8.12. The first-order valence-corrected chi connectivity index (χ1v) is 6.55. The molecular weight excluding hydrogens is 236 g/mol. The van der Waals surface area contributed by atoms with Crippen LogP contribution in [0.4, 0.5) is 5.82 Å². The molecular formula is C15H20N4. The van der Waals surface area contributed by atoms with Crippen molar-refractivity contribution < 1.29 is 0 Å². The standard InChI is InChI=1S/C15H20N4/c1-3-19(11-13-6-8-17-9-7-13)15-14(10-16)5-4-12(2)18-15/h4-9H,3,10-11,16H2,1-2H3. The molecule has 0 saturated heterocycles. The summed E-state index contributed by atoms with van der Waals surface area (Å²) < 4.78 is 0. The quantitative estimate of drug-likeness (QED) is 0.891. The fourth-order valence-corrected chi connectivity index (χ4v) is 2.05. The summed E-state index contributed by atoms with van der Waals surface area (Å²) in [7, 11) is 0. The van der Waals surface area contributed by atoms with E-state index in [1.165, 1.54) is 5.56 Å². The van der Waals surface area contributed by atoms with Crippen molar-refractivity contribution in [1.29, 1.82) is 0 Å². The zero-order chi connectivity index (χ0) is 13.7. The highest BCUT2D eigenvalue weighted by atomic mass is 15.2. The maximum atomic E-state index is 5.81. The van der Waals surface area contributed by atoms with Gasteiger partial charge in [-0.15, -0.1) is 0 Å². The number of nitrogens with zero attached hydrogens (tertiary/aromatic N) is 3. The molecule has 2 N–H and O–H groups in total. The fourth-order valence-electron chi connectivity index (χ4n) is 2.05. The molecule has 0 spiro atoms. The molecule has 0 fully saturated rings. The summed E-state index contributed by atoms with van der Waals surface area (Å²) in [4.78, 5) is 10.9. The number of hydrogen-bond donors (Lipinski definition) is 1. The van der Waals surface area contributed by atoms with Crippen LogP contribution in [0.2, 0.25) is 0 Å². The molecule has 0 saturated carbocycles. The topological polar surface area (TPSA) is 55.0 Å². The molecule has 0 aliphatic carbocycles. The van der Waals surface area contributed by atoms with E-state index in [9.17, 15) is 0 Å². The molecule has 0 aliphatic heterocycles. The van der Waals surface area contributed by atoms with E-state index in [1.807, 2.05) is 37.5 Å². The predicted octanol–water partition coefficient (Wildman–Crippen LogP) is 2.27.